The summed E-state index contributed by atoms with van der Waals surface area (Å²) >= 11 is 3.59. The maximum Gasteiger partial charge on any atom is 0.119 e. The Labute approximate surface area is 130 Å². The lowest BCUT2D eigenvalue weighted by atomic mass is 10.2. The topological polar surface area (TPSA) is 30.5 Å². The lowest BCUT2D eigenvalue weighted by molar-refractivity contribution is 0.0264. The van der Waals surface area contributed by atoms with Crippen LogP contribution in [0.3, 0.4) is 0 Å². The Balaban J connectivity index is 1.89. The van der Waals surface area contributed by atoms with Crippen molar-refractivity contribution in [3.8, 4) is 5.75 Å². The summed E-state index contributed by atoms with van der Waals surface area (Å²) in [6.07, 6.45) is 2.85. The number of hydrogen-bond acceptors (Lipinski definition) is 3. The molecule has 0 aliphatic carbocycles. The van der Waals surface area contributed by atoms with Gasteiger partial charge in [0.2, 0.25) is 0 Å². The van der Waals surface area contributed by atoms with Crippen LogP contribution in [0.15, 0.2) is 22.7 Å². The van der Waals surface area contributed by atoms with Crippen molar-refractivity contribution in [2.75, 3.05) is 6.61 Å². The van der Waals surface area contributed by atoms with Gasteiger partial charge in [-0.05, 0) is 43.5 Å². The van der Waals surface area contributed by atoms with E-state index in [2.05, 4.69) is 48.1 Å². The molecular weight excluding hydrogens is 318 g/mol. The summed E-state index contributed by atoms with van der Waals surface area (Å²) in [5, 5.41) is 3.42. The minimum Gasteiger partial charge on any atom is -0.491 e. The SMILES string of the molecule is CC(C)NCc1cc(OCC2CCC(C)O2)ccc1Br. The van der Waals surface area contributed by atoms with Crippen molar-refractivity contribution in [3.05, 3.63) is 28.2 Å². The first-order chi connectivity index (χ1) is 9.54. The third-order valence-corrected chi connectivity index (χ3v) is 4.25. The largest absolute Gasteiger partial charge is 0.491 e. The van der Waals surface area contributed by atoms with E-state index in [0.29, 0.717) is 18.8 Å². The molecule has 0 bridgehead atoms. The predicted octanol–water partition coefficient (Wildman–Crippen LogP) is 3.89. The van der Waals surface area contributed by atoms with Crippen molar-refractivity contribution in [2.45, 2.75) is 58.4 Å². The van der Waals surface area contributed by atoms with Crippen LogP contribution in [0.1, 0.15) is 39.2 Å². The Morgan fingerprint density at radius 1 is 1.40 bits per heavy atom. The van der Waals surface area contributed by atoms with Crippen molar-refractivity contribution >= 4 is 15.9 Å². The van der Waals surface area contributed by atoms with Crippen LogP contribution in [0.2, 0.25) is 0 Å². The molecule has 1 heterocycles. The lowest BCUT2D eigenvalue weighted by Gasteiger charge is -2.15. The summed E-state index contributed by atoms with van der Waals surface area (Å²) in [4.78, 5) is 0. The summed E-state index contributed by atoms with van der Waals surface area (Å²) in [7, 11) is 0. The lowest BCUT2D eigenvalue weighted by Crippen LogP contribution is -2.22. The predicted molar refractivity (Wildman–Crippen MR) is 85.2 cm³/mol. The molecule has 2 unspecified atom stereocenters. The highest BCUT2D eigenvalue weighted by atomic mass is 79.9. The van der Waals surface area contributed by atoms with Gasteiger partial charge in [-0.2, -0.15) is 0 Å². The second kappa shape index (κ2) is 7.43. The van der Waals surface area contributed by atoms with Crippen LogP contribution in [0.5, 0.6) is 5.75 Å². The van der Waals surface area contributed by atoms with Crippen LogP contribution >= 0.6 is 15.9 Å². The van der Waals surface area contributed by atoms with Crippen LogP contribution in [0.4, 0.5) is 0 Å². The standard InChI is InChI=1S/C16H24BrNO2/c1-11(2)18-9-13-8-14(6-7-16(13)17)19-10-15-5-4-12(3)20-15/h6-8,11-12,15,18H,4-5,9-10H2,1-3H3. The van der Waals surface area contributed by atoms with Gasteiger partial charge < -0.3 is 14.8 Å². The fourth-order valence-electron chi connectivity index (χ4n) is 2.29. The molecule has 1 N–H and O–H groups in total. The van der Waals surface area contributed by atoms with Crippen LogP contribution in [0.25, 0.3) is 0 Å². The fraction of sp³-hybridized carbons (Fsp3) is 0.625. The summed E-state index contributed by atoms with van der Waals surface area (Å²) in [5.74, 6) is 0.914. The Morgan fingerprint density at radius 3 is 2.85 bits per heavy atom. The molecular formula is C16H24BrNO2. The number of ether oxygens (including phenoxy) is 2. The summed E-state index contributed by atoms with van der Waals surface area (Å²) in [6, 6.07) is 6.61. The zero-order valence-corrected chi connectivity index (χ0v) is 14.1. The number of nitrogens with one attached hydrogen (secondary N) is 1. The van der Waals surface area contributed by atoms with E-state index in [4.69, 9.17) is 9.47 Å². The van der Waals surface area contributed by atoms with Gasteiger partial charge in [-0.3, -0.25) is 0 Å². The molecule has 4 heteroatoms. The average molecular weight is 342 g/mol. The van der Waals surface area contributed by atoms with Gasteiger partial charge in [0.25, 0.3) is 0 Å². The van der Waals surface area contributed by atoms with E-state index in [1.165, 1.54) is 5.56 Å². The normalized spacial score (nSPS) is 22.4. The van der Waals surface area contributed by atoms with Crippen LogP contribution in [0, 0.1) is 0 Å². The van der Waals surface area contributed by atoms with Crippen molar-refractivity contribution < 1.29 is 9.47 Å². The maximum atomic E-state index is 5.87. The molecule has 2 atom stereocenters. The second-order valence-corrected chi connectivity index (χ2v) is 6.60. The zero-order valence-electron chi connectivity index (χ0n) is 12.5. The van der Waals surface area contributed by atoms with Gasteiger partial charge in [0.05, 0.1) is 12.2 Å². The van der Waals surface area contributed by atoms with Gasteiger partial charge in [-0.15, -0.1) is 0 Å². The molecule has 1 fully saturated rings. The van der Waals surface area contributed by atoms with Gasteiger partial charge in [-0.25, -0.2) is 0 Å². The van der Waals surface area contributed by atoms with Crippen LogP contribution < -0.4 is 10.1 Å². The molecule has 1 aliphatic heterocycles. The van der Waals surface area contributed by atoms with E-state index >= 15 is 0 Å². The van der Waals surface area contributed by atoms with E-state index in [1.807, 2.05) is 12.1 Å². The van der Waals surface area contributed by atoms with Crippen molar-refractivity contribution in [1.82, 2.24) is 5.32 Å². The third kappa shape index (κ3) is 4.76. The third-order valence-electron chi connectivity index (χ3n) is 3.47. The molecule has 112 valence electrons. The monoisotopic (exact) mass is 341 g/mol. The van der Waals surface area contributed by atoms with E-state index in [-0.39, 0.29) is 6.10 Å². The quantitative estimate of drug-likeness (QED) is 0.851. The summed E-state index contributed by atoms with van der Waals surface area (Å²) in [6.45, 7) is 7.89. The van der Waals surface area contributed by atoms with Gasteiger partial charge in [0.1, 0.15) is 12.4 Å². The van der Waals surface area contributed by atoms with Gasteiger partial charge >= 0.3 is 0 Å². The van der Waals surface area contributed by atoms with Gasteiger partial charge in [-0.1, -0.05) is 29.8 Å². The Morgan fingerprint density at radius 2 is 2.20 bits per heavy atom. The van der Waals surface area contributed by atoms with Crippen LogP contribution in [-0.2, 0) is 11.3 Å². The molecule has 2 rings (SSSR count). The molecule has 0 aromatic heterocycles. The van der Waals surface area contributed by atoms with Gasteiger partial charge in [0, 0.05) is 17.1 Å². The Kier molecular flexibility index (Phi) is 5.87. The zero-order chi connectivity index (χ0) is 14.5. The van der Waals surface area contributed by atoms with E-state index in [0.717, 1.165) is 29.6 Å². The average Bonchev–Trinajstić information content (AvgIpc) is 2.82. The minimum absolute atomic E-state index is 0.242. The highest BCUT2D eigenvalue weighted by molar-refractivity contribution is 9.10. The summed E-state index contributed by atoms with van der Waals surface area (Å²) < 4.78 is 12.8. The highest BCUT2D eigenvalue weighted by Gasteiger charge is 2.22. The maximum absolute atomic E-state index is 5.87. The van der Waals surface area contributed by atoms with E-state index in [1.54, 1.807) is 0 Å². The fourth-order valence-corrected chi connectivity index (χ4v) is 2.67. The van der Waals surface area contributed by atoms with Crippen molar-refractivity contribution in [2.24, 2.45) is 0 Å². The minimum atomic E-state index is 0.242. The molecule has 3 nitrogen and oxygen atoms in total. The molecule has 0 spiro atoms. The Bertz CT molecular complexity index is 436. The first-order valence-electron chi connectivity index (χ1n) is 7.34. The van der Waals surface area contributed by atoms with Crippen molar-refractivity contribution in [1.29, 1.82) is 0 Å². The highest BCUT2D eigenvalue weighted by Crippen LogP contribution is 2.24. The first kappa shape index (κ1) is 15.8. The van der Waals surface area contributed by atoms with Crippen molar-refractivity contribution in [3.63, 3.8) is 0 Å². The molecule has 20 heavy (non-hydrogen) atoms. The number of hydrogen-bond donors (Lipinski definition) is 1. The molecule has 1 aromatic carbocycles. The molecule has 0 saturated carbocycles. The number of halogens is 1. The first-order valence-corrected chi connectivity index (χ1v) is 8.14. The van der Waals surface area contributed by atoms with Gasteiger partial charge in [0.15, 0.2) is 0 Å². The number of rotatable bonds is 6. The summed E-state index contributed by atoms with van der Waals surface area (Å²) in [5.41, 5.74) is 1.22. The Hall–Kier alpha value is -0.580. The molecule has 1 aromatic rings. The van der Waals surface area contributed by atoms with Crippen LogP contribution in [-0.4, -0.2) is 24.9 Å². The van der Waals surface area contributed by atoms with E-state index in [9.17, 15) is 0 Å². The van der Waals surface area contributed by atoms with E-state index < -0.39 is 0 Å². The molecule has 0 amide bonds. The molecule has 0 radical (unpaired) electrons. The number of benzene rings is 1. The molecule has 1 aliphatic rings. The smallest absolute Gasteiger partial charge is 0.119 e. The second-order valence-electron chi connectivity index (χ2n) is 5.75. The molecule has 1 saturated heterocycles.